The van der Waals surface area contributed by atoms with Crippen LogP contribution in [0.15, 0.2) is 0 Å². The number of hydrogen-bond acceptors (Lipinski definition) is 17. The van der Waals surface area contributed by atoms with E-state index in [9.17, 15) is 44.1 Å². The third-order valence-electron chi connectivity index (χ3n) is 20.4. The predicted octanol–water partition coefficient (Wildman–Crippen LogP) is 20.4. The molecule has 10 atom stereocenters. The second-order valence-corrected chi connectivity index (χ2v) is 33.8. The number of aliphatic hydroxyl groups excluding tert-OH is 4. The lowest BCUT2D eigenvalue weighted by Gasteiger charge is -2.25. The molecule has 0 fully saturated rings. The molecule has 0 spiro atoms. The van der Waals surface area contributed by atoms with Gasteiger partial charge in [-0.2, -0.15) is 0 Å². The Labute approximate surface area is 651 Å². The number of amides is 2. The summed E-state index contributed by atoms with van der Waals surface area (Å²) in [7, 11) is -9.29. The highest BCUT2D eigenvalue weighted by Gasteiger charge is 2.27. The summed E-state index contributed by atoms with van der Waals surface area (Å²) in [6, 6.07) is -1.88. The molecule has 12 N–H and O–H groups in total. The average Bonchev–Trinajstić information content (AvgIpc) is 0.919. The van der Waals surface area contributed by atoms with E-state index in [-0.39, 0.29) is 64.8 Å². The van der Waals surface area contributed by atoms with Crippen LogP contribution in [0, 0.1) is 0 Å². The van der Waals surface area contributed by atoms with Crippen LogP contribution in [0.4, 0.5) is 4.79 Å². The lowest BCUT2D eigenvalue weighted by Crippen LogP contribution is -2.44. The van der Waals surface area contributed by atoms with Crippen LogP contribution in [-0.4, -0.2) is 151 Å². The number of carbonyl (C=O) groups is 1. The van der Waals surface area contributed by atoms with Gasteiger partial charge in [0.25, 0.3) is 0 Å². The highest BCUT2D eigenvalue weighted by Crippen LogP contribution is 2.44. The molecule has 0 saturated heterocycles. The largest absolute Gasteiger partial charge is 0.472 e. The van der Waals surface area contributed by atoms with Crippen molar-refractivity contribution in [2.75, 3.05) is 65.9 Å². The van der Waals surface area contributed by atoms with E-state index >= 15 is 0 Å². The fraction of sp³-hybridized carbons (Fsp3) is 0.988. The van der Waals surface area contributed by atoms with Crippen LogP contribution in [0.3, 0.4) is 0 Å². The van der Waals surface area contributed by atoms with E-state index in [1.165, 1.54) is 231 Å². The summed E-state index contributed by atoms with van der Waals surface area (Å²) in [6.45, 7) is 12.6. The maximum Gasteiger partial charge on any atom is 0.472 e. The van der Waals surface area contributed by atoms with Crippen molar-refractivity contribution in [2.24, 2.45) is 0 Å². The van der Waals surface area contributed by atoms with E-state index in [4.69, 9.17) is 27.6 Å². The second-order valence-electron chi connectivity index (χ2n) is 30.9. The van der Waals surface area contributed by atoms with Crippen molar-refractivity contribution >= 4 is 21.7 Å². The second kappa shape index (κ2) is 79.3. The Bertz CT molecular complexity index is 1790. The maximum absolute atomic E-state index is 13.2. The van der Waals surface area contributed by atoms with Gasteiger partial charge in [0.1, 0.15) is 24.9 Å². The molecule has 0 aliphatic rings. The Morgan fingerprint density at radius 2 is 0.472 bits per heavy atom. The molecular weight excluding hydrogens is 1380 g/mol. The number of aliphatic hydroxyl groups is 4. The first kappa shape index (κ1) is 105. The number of unbranched alkanes of at least 4 members (excludes halogenated alkanes) is 44. The molecule has 2 amide bonds. The van der Waals surface area contributed by atoms with Crippen molar-refractivity contribution in [1.29, 1.82) is 0 Å². The maximum atomic E-state index is 13.2. The molecule has 21 nitrogen and oxygen atoms in total. The van der Waals surface area contributed by atoms with Gasteiger partial charge in [-0.3, -0.25) is 39.4 Å². The SMILES string of the molecule is CCCCCCCCCCCCCC(O)NC(COCCC(CCCCCCC)NC(O)CCCCCCCCCCC)COP(=O)(O)OCCNC(=O)NCCOP(=O)(O)OCC(COCCC(CCCCCCC)NC(O)CCCCCCCCCCC)NC(O)CCCCCCCCCCCCC. The first-order valence-corrected chi connectivity index (χ1v) is 47.7. The number of rotatable bonds is 88. The minimum Gasteiger partial charge on any atom is -0.380 e. The van der Waals surface area contributed by atoms with Crippen molar-refractivity contribution in [3.05, 3.63) is 0 Å². The lowest BCUT2D eigenvalue weighted by molar-refractivity contribution is 0.0353. The zero-order valence-electron chi connectivity index (χ0n) is 69.5. The summed E-state index contributed by atoms with van der Waals surface area (Å²) < 4.78 is 60.2. The molecule has 636 valence electrons. The van der Waals surface area contributed by atoms with Gasteiger partial charge in [0, 0.05) is 38.4 Å². The predicted molar refractivity (Wildman–Crippen MR) is 440 cm³/mol. The molecule has 0 aliphatic heterocycles. The van der Waals surface area contributed by atoms with Crippen LogP contribution < -0.4 is 31.9 Å². The molecule has 0 radical (unpaired) electrons. The summed E-state index contributed by atoms with van der Waals surface area (Å²) >= 11 is 0. The monoisotopic (exact) mass is 1560 g/mol. The topological polar surface area (TPSA) is 300 Å². The number of ether oxygens (including phenoxy) is 2. The first-order chi connectivity index (χ1) is 51.5. The van der Waals surface area contributed by atoms with Gasteiger partial charge in [0.15, 0.2) is 0 Å². The van der Waals surface area contributed by atoms with Crippen molar-refractivity contribution in [3.63, 3.8) is 0 Å². The summed E-state index contributed by atoms with van der Waals surface area (Å²) in [6.07, 6.45) is 62.3. The van der Waals surface area contributed by atoms with Crippen molar-refractivity contribution in [1.82, 2.24) is 31.9 Å². The zero-order valence-corrected chi connectivity index (χ0v) is 71.2. The molecule has 0 rings (SSSR count). The van der Waals surface area contributed by atoms with Gasteiger partial charge in [-0.25, -0.2) is 13.9 Å². The van der Waals surface area contributed by atoms with Crippen molar-refractivity contribution < 1.29 is 71.7 Å². The zero-order chi connectivity index (χ0) is 77.8. The minimum atomic E-state index is -4.64. The van der Waals surface area contributed by atoms with Gasteiger partial charge < -0.3 is 50.3 Å². The van der Waals surface area contributed by atoms with Gasteiger partial charge in [-0.05, 0) is 77.0 Å². The molecular formula is C83H174N6O15P2. The standard InChI is InChI=1S/C83H174N6O15P2/c1-7-13-19-25-29-33-35-39-43-49-55-61-81(92)88-77(71-99-67-63-75(57-51-45-23-17-11-5)86-79(90)59-53-47-41-37-31-27-21-15-9-3)73-103-105(95,96)101-69-65-84-83(94)85-66-70-102-106(97,98)104-74-78(89-82(93)62-56-50-44-40-36-34-30-26-20-14-8-2)72-100-68-64-76(58-52-46-24-18-12-6)87-80(91)60-54-48-42-38-32-28-22-16-10-4/h75-82,86-93H,7-74H2,1-6H3,(H,95,96)(H,97,98)(H2,84,85,94). The molecule has 0 heterocycles. The fourth-order valence-electron chi connectivity index (χ4n) is 13.7. The lowest BCUT2D eigenvalue weighted by atomic mass is 10.0. The van der Waals surface area contributed by atoms with Gasteiger partial charge in [-0.1, -0.05) is 337 Å². The summed E-state index contributed by atoms with van der Waals surface area (Å²) in [5, 5.41) is 62.8. The summed E-state index contributed by atoms with van der Waals surface area (Å²) in [5.74, 6) is 0. The quantitative estimate of drug-likeness (QED) is 0.0153. The van der Waals surface area contributed by atoms with Crippen LogP contribution in [0.5, 0.6) is 0 Å². The summed E-state index contributed by atoms with van der Waals surface area (Å²) in [5.41, 5.74) is 0. The minimum absolute atomic E-state index is 0.0568. The molecule has 106 heavy (non-hydrogen) atoms. The number of phosphoric acid groups is 2. The van der Waals surface area contributed by atoms with Crippen LogP contribution in [-0.2, 0) is 36.7 Å². The van der Waals surface area contributed by atoms with Crippen LogP contribution in [0.1, 0.15) is 414 Å². The van der Waals surface area contributed by atoms with E-state index in [0.29, 0.717) is 51.7 Å². The van der Waals surface area contributed by atoms with Crippen molar-refractivity contribution in [2.45, 2.75) is 463 Å². The molecule has 0 aromatic rings. The highest BCUT2D eigenvalue weighted by molar-refractivity contribution is 7.47. The van der Waals surface area contributed by atoms with E-state index < -0.39 is 58.7 Å². The van der Waals surface area contributed by atoms with Crippen LogP contribution in [0.2, 0.25) is 0 Å². The third-order valence-corrected chi connectivity index (χ3v) is 22.3. The van der Waals surface area contributed by atoms with Crippen molar-refractivity contribution in [3.8, 4) is 0 Å². The molecule has 0 bridgehead atoms. The Morgan fingerprint density at radius 3 is 0.708 bits per heavy atom. The van der Waals surface area contributed by atoms with E-state index in [1.807, 2.05) is 0 Å². The average molecular weight is 1560 g/mol. The number of nitrogens with one attached hydrogen (secondary N) is 6. The van der Waals surface area contributed by atoms with Gasteiger partial charge in [0.05, 0.1) is 51.7 Å². The smallest absolute Gasteiger partial charge is 0.380 e. The Kier molecular flexibility index (Phi) is 78.6. The number of urea groups is 1. The molecule has 0 saturated carbocycles. The van der Waals surface area contributed by atoms with Gasteiger partial charge >= 0.3 is 21.7 Å². The van der Waals surface area contributed by atoms with E-state index in [0.717, 1.165) is 103 Å². The number of phosphoric ester groups is 2. The molecule has 0 aromatic carbocycles. The molecule has 0 aliphatic carbocycles. The van der Waals surface area contributed by atoms with Crippen LogP contribution >= 0.6 is 15.6 Å². The first-order valence-electron chi connectivity index (χ1n) is 44.7. The number of carbonyl (C=O) groups excluding carboxylic acids is 1. The molecule has 23 heteroatoms. The van der Waals surface area contributed by atoms with E-state index in [1.54, 1.807) is 0 Å². The van der Waals surface area contributed by atoms with E-state index in [2.05, 4.69) is 73.4 Å². The Hall–Kier alpha value is -0.910. The Morgan fingerprint density at radius 1 is 0.264 bits per heavy atom. The number of hydrogen-bond donors (Lipinski definition) is 12. The fourth-order valence-corrected chi connectivity index (χ4v) is 15.2. The normalized spacial score (nSPS) is 15.4. The molecule has 0 aromatic heterocycles. The molecule has 10 unspecified atom stereocenters. The highest BCUT2D eigenvalue weighted by atomic mass is 31.2. The summed E-state index contributed by atoms with van der Waals surface area (Å²) in [4.78, 5) is 34.3. The van der Waals surface area contributed by atoms with Gasteiger partial charge in [0.2, 0.25) is 0 Å². The Balaban J connectivity index is 5.55. The van der Waals surface area contributed by atoms with Gasteiger partial charge in [-0.15, -0.1) is 0 Å². The van der Waals surface area contributed by atoms with Crippen LogP contribution in [0.25, 0.3) is 0 Å². The third kappa shape index (κ3) is 75.8.